The third kappa shape index (κ3) is 2.90. The van der Waals surface area contributed by atoms with Crippen molar-refractivity contribution in [3.8, 4) is 0 Å². The first kappa shape index (κ1) is 11.8. The van der Waals surface area contributed by atoms with E-state index in [0.717, 1.165) is 23.2 Å². The molecule has 0 aliphatic rings. The molecule has 1 heterocycles. The zero-order valence-electron chi connectivity index (χ0n) is 9.80. The van der Waals surface area contributed by atoms with Crippen molar-refractivity contribution in [2.75, 3.05) is 7.05 Å². The van der Waals surface area contributed by atoms with Gasteiger partial charge in [0.15, 0.2) is 0 Å². The van der Waals surface area contributed by atoms with E-state index in [-0.39, 0.29) is 0 Å². The SMILES string of the molecule is CNCc1cccc(C(O)c2cccnc2)c1. The van der Waals surface area contributed by atoms with Crippen LogP contribution in [0, 0.1) is 0 Å². The molecule has 3 heteroatoms. The number of aliphatic hydroxyl groups excluding tert-OH is 1. The minimum Gasteiger partial charge on any atom is -0.384 e. The normalized spacial score (nSPS) is 12.4. The highest BCUT2D eigenvalue weighted by Crippen LogP contribution is 2.21. The van der Waals surface area contributed by atoms with Crippen LogP contribution in [0.5, 0.6) is 0 Å². The summed E-state index contributed by atoms with van der Waals surface area (Å²) in [4.78, 5) is 4.02. The van der Waals surface area contributed by atoms with Gasteiger partial charge in [-0.1, -0.05) is 30.3 Å². The summed E-state index contributed by atoms with van der Waals surface area (Å²) >= 11 is 0. The van der Waals surface area contributed by atoms with Crippen molar-refractivity contribution >= 4 is 0 Å². The molecule has 0 aliphatic carbocycles. The smallest absolute Gasteiger partial charge is 0.106 e. The van der Waals surface area contributed by atoms with Gasteiger partial charge < -0.3 is 10.4 Å². The maximum absolute atomic E-state index is 10.2. The molecule has 0 saturated heterocycles. The van der Waals surface area contributed by atoms with Crippen molar-refractivity contribution in [3.05, 3.63) is 65.5 Å². The highest BCUT2D eigenvalue weighted by Gasteiger charge is 2.10. The monoisotopic (exact) mass is 228 g/mol. The Morgan fingerprint density at radius 2 is 2.06 bits per heavy atom. The van der Waals surface area contributed by atoms with Gasteiger partial charge in [0.2, 0.25) is 0 Å². The van der Waals surface area contributed by atoms with Crippen LogP contribution in [-0.4, -0.2) is 17.1 Å². The molecule has 0 aliphatic heterocycles. The van der Waals surface area contributed by atoms with E-state index < -0.39 is 6.10 Å². The molecule has 0 fully saturated rings. The summed E-state index contributed by atoms with van der Waals surface area (Å²) in [6.07, 6.45) is 2.78. The van der Waals surface area contributed by atoms with Crippen LogP contribution in [-0.2, 0) is 6.54 Å². The Morgan fingerprint density at radius 3 is 2.76 bits per heavy atom. The van der Waals surface area contributed by atoms with Gasteiger partial charge in [-0.2, -0.15) is 0 Å². The average molecular weight is 228 g/mol. The number of nitrogens with zero attached hydrogens (tertiary/aromatic N) is 1. The molecule has 2 N–H and O–H groups in total. The lowest BCUT2D eigenvalue weighted by atomic mass is 10.0. The minimum atomic E-state index is -0.611. The van der Waals surface area contributed by atoms with Crippen molar-refractivity contribution < 1.29 is 5.11 Å². The molecule has 0 amide bonds. The summed E-state index contributed by atoms with van der Waals surface area (Å²) in [5.41, 5.74) is 2.87. The molecule has 1 aromatic carbocycles. The van der Waals surface area contributed by atoms with E-state index in [1.54, 1.807) is 12.4 Å². The third-order valence-electron chi connectivity index (χ3n) is 2.65. The molecule has 0 saturated carbocycles. The van der Waals surface area contributed by atoms with Crippen LogP contribution < -0.4 is 5.32 Å². The molecule has 0 spiro atoms. The molecule has 88 valence electrons. The number of hydrogen-bond donors (Lipinski definition) is 2. The first-order valence-corrected chi connectivity index (χ1v) is 5.62. The van der Waals surface area contributed by atoms with E-state index in [1.807, 2.05) is 43.4 Å². The van der Waals surface area contributed by atoms with Crippen molar-refractivity contribution in [2.24, 2.45) is 0 Å². The fraction of sp³-hybridized carbons (Fsp3) is 0.214. The Balaban J connectivity index is 2.25. The van der Waals surface area contributed by atoms with Crippen LogP contribution in [0.2, 0.25) is 0 Å². The predicted molar refractivity (Wildman–Crippen MR) is 67.5 cm³/mol. The van der Waals surface area contributed by atoms with E-state index in [9.17, 15) is 5.11 Å². The van der Waals surface area contributed by atoms with E-state index in [1.165, 1.54) is 0 Å². The third-order valence-corrected chi connectivity index (χ3v) is 2.65. The van der Waals surface area contributed by atoms with E-state index in [0.29, 0.717) is 0 Å². The first-order chi connectivity index (χ1) is 8.31. The number of pyridine rings is 1. The second-order valence-corrected chi connectivity index (χ2v) is 3.96. The lowest BCUT2D eigenvalue weighted by Crippen LogP contribution is -2.06. The van der Waals surface area contributed by atoms with Gasteiger partial charge in [0.05, 0.1) is 0 Å². The fourth-order valence-corrected chi connectivity index (χ4v) is 1.81. The summed E-state index contributed by atoms with van der Waals surface area (Å²) in [5, 5.41) is 13.3. The zero-order valence-corrected chi connectivity index (χ0v) is 9.80. The molecule has 17 heavy (non-hydrogen) atoms. The highest BCUT2D eigenvalue weighted by molar-refractivity contribution is 5.31. The molecule has 0 radical (unpaired) electrons. The quantitative estimate of drug-likeness (QED) is 0.840. The molecular formula is C14H16N2O. The van der Waals surface area contributed by atoms with Crippen LogP contribution in [0.1, 0.15) is 22.8 Å². The van der Waals surface area contributed by atoms with Gasteiger partial charge >= 0.3 is 0 Å². The Bertz CT molecular complexity index is 471. The highest BCUT2D eigenvalue weighted by atomic mass is 16.3. The lowest BCUT2D eigenvalue weighted by Gasteiger charge is -2.12. The molecule has 1 atom stereocenters. The van der Waals surface area contributed by atoms with E-state index in [4.69, 9.17) is 0 Å². The minimum absolute atomic E-state index is 0.611. The molecule has 1 unspecified atom stereocenters. The second-order valence-electron chi connectivity index (χ2n) is 3.96. The molecule has 1 aromatic heterocycles. The van der Waals surface area contributed by atoms with Crippen molar-refractivity contribution in [3.63, 3.8) is 0 Å². The van der Waals surface area contributed by atoms with Crippen molar-refractivity contribution in [1.29, 1.82) is 0 Å². The van der Waals surface area contributed by atoms with Gasteiger partial charge in [-0.05, 0) is 24.2 Å². The maximum atomic E-state index is 10.2. The number of benzene rings is 1. The molecule has 0 bridgehead atoms. The second kappa shape index (κ2) is 5.57. The van der Waals surface area contributed by atoms with Crippen LogP contribution in [0.4, 0.5) is 0 Å². The number of hydrogen-bond acceptors (Lipinski definition) is 3. The number of rotatable bonds is 4. The number of aliphatic hydroxyl groups is 1. The van der Waals surface area contributed by atoms with Gasteiger partial charge in [0, 0.05) is 24.5 Å². The van der Waals surface area contributed by atoms with Crippen molar-refractivity contribution in [1.82, 2.24) is 10.3 Å². The summed E-state index contributed by atoms with van der Waals surface area (Å²) in [7, 11) is 1.91. The predicted octanol–water partition coefficient (Wildman–Crippen LogP) is 1.88. The van der Waals surface area contributed by atoms with Gasteiger partial charge in [0.1, 0.15) is 6.10 Å². The first-order valence-electron chi connectivity index (χ1n) is 5.62. The van der Waals surface area contributed by atoms with Gasteiger partial charge in [0.25, 0.3) is 0 Å². The van der Waals surface area contributed by atoms with Gasteiger partial charge in [-0.25, -0.2) is 0 Å². The van der Waals surface area contributed by atoms with Crippen LogP contribution in [0.15, 0.2) is 48.8 Å². The molecule has 2 rings (SSSR count). The summed E-state index contributed by atoms with van der Waals surface area (Å²) < 4.78 is 0. The maximum Gasteiger partial charge on any atom is 0.106 e. The number of nitrogens with one attached hydrogen (secondary N) is 1. The van der Waals surface area contributed by atoms with Crippen molar-refractivity contribution in [2.45, 2.75) is 12.6 Å². The summed E-state index contributed by atoms with van der Waals surface area (Å²) in [6, 6.07) is 11.6. The van der Waals surface area contributed by atoms with Gasteiger partial charge in [-0.3, -0.25) is 4.98 Å². The average Bonchev–Trinajstić information content (AvgIpc) is 2.40. The zero-order chi connectivity index (χ0) is 12.1. The topological polar surface area (TPSA) is 45.1 Å². The Kier molecular flexibility index (Phi) is 3.85. The number of aromatic nitrogens is 1. The van der Waals surface area contributed by atoms with Crippen LogP contribution >= 0.6 is 0 Å². The lowest BCUT2D eigenvalue weighted by molar-refractivity contribution is 0.220. The summed E-state index contributed by atoms with van der Waals surface area (Å²) in [5.74, 6) is 0. The molecule has 2 aromatic rings. The Labute approximate surface area is 101 Å². The Hall–Kier alpha value is -1.71. The van der Waals surface area contributed by atoms with Crippen LogP contribution in [0.25, 0.3) is 0 Å². The van der Waals surface area contributed by atoms with Crippen LogP contribution in [0.3, 0.4) is 0 Å². The largest absolute Gasteiger partial charge is 0.384 e. The molecule has 3 nitrogen and oxygen atoms in total. The standard InChI is InChI=1S/C14H16N2O/c1-15-9-11-4-2-5-12(8-11)14(17)13-6-3-7-16-10-13/h2-8,10,14-15,17H,9H2,1H3. The summed E-state index contributed by atoms with van der Waals surface area (Å²) in [6.45, 7) is 0.799. The van der Waals surface area contributed by atoms with Gasteiger partial charge in [-0.15, -0.1) is 0 Å². The van der Waals surface area contributed by atoms with E-state index >= 15 is 0 Å². The van der Waals surface area contributed by atoms with E-state index in [2.05, 4.69) is 10.3 Å². The molecular weight excluding hydrogens is 212 g/mol. The Morgan fingerprint density at radius 1 is 1.24 bits per heavy atom. The fourth-order valence-electron chi connectivity index (χ4n) is 1.81.